The molecule has 5 nitrogen and oxygen atoms in total. The van der Waals surface area contributed by atoms with E-state index in [9.17, 15) is 9.90 Å². The number of hydrogen-bond donors (Lipinski definition) is 2. The number of aliphatic hydroxyl groups is 2. The Hall–Kier alpha value is -0.490. The summed E-state index contributed by atoms with van der Waals surface area (Å²) in [5.74, 6) is -0.518. The molecule has 0 aromatic carbocycles. The van der Waals surface area contributed by atoms with Crippen LogP contribution in [0.1, 0.15) is 6.92 Å². The molecule has 1 saturated heterocycles. The number of rotatable bonds is 1. The second-order valence-corrected chi connectivity index (χ2v) is 2.72. The molecule has 5 heteroatoms. The molecule has 4 atom stereocenters. The molecule has 0 aliphatic carbocycles. The van der Waals surface area contributed by atoms with E-state index in [0.29, 0.717) is 0 Å². The fraction of sp³-hybridized carbons (Fsp3) is 0.857. The molecule has 70 valence electrons. The van der Waals surface area contributed by atoms with Crippen molar-refractivity contribution in [1.29, 1.82) is 0 Å². The normalized spacial score (nSPS) is 43.2. The highest BCUT2D eigenvalue weighted by atomic mass is 16.7. The maximum Gasteiger partial charge on any atom is 0.192 e. The van der Waals surface area contributed by atoms with Crippen molar-refractivity contribution in [1.82, 2.24) is 0 Å². The number of carbonyl (C=O) groups is 1. The molecule has 2 unspecified atom stereocenters. The second-order valence-electron chi connectivity index (χ2n) is 2.72. The molecular weight excluding hydrogens is 164 g/mol. The van der Waals surface area contributed by atoms with E-state index in [1.54, 1.807) is 0 Å². The first-order valence-corrected chi connectivity index (χ1v) is 3.66. The van der Waals surface area contributed by atoms with Crippen LogP contribution in [0.3, 0.4) is 0 Å². The van der Waals surface area contributed by atoms with E-state index in [0.717, 1.165) is 0 Å². The van der Waals surface area contributed by atoms with Crippen LogP contribution in [0.4, 0.5) is 0 Å². The third-order valence-corrected chi connectivity index (χ3v) is 1.87. The van der Waals surface area contributed by atoms with E-state index in [1.807, 2.05) is 0 Å². The van der Waals surface area contributed by atoms with Crippen molar-refractivity contribution < 1.29 is 24.5 Å². The maximum absolute atomic E-state index is 11.0. The Kier molecular flexibility index (Phi) is 2.79. The number of ketones is 1. The lowest BCUT2D eigenvalue weighted by Gasteiger charge is -2.33. The van der Waals surface area contributed by atoms with Gasteiger partial charge in [-0.15, -0.1) is 0 Å². The molecule has 12 heavy (non-hydrogen) atoms. The summed E-state index contributed by atoms with van der Waals surface area (Å²) < 4.78 is 9.66. The quantitative estimate of drug-likeness (QED) is 0.517. The lowest BCUT2D eigenvalue weighted by molar-refractivity contribution is -0.242. The monoisotopic (exact) mass is 176 g/mol. The molecule has 0 saturated carbocycles. The lowest BCUT2D eigenvalue weighted by atomic mass is 10.0. The Bertz CT molecular complexity index is 181. The SMILES string of the molecule is CO[C@@H]1OC(C)C(=O)[C@H](O)C1O. The van der Waals surface area contributed by atoms with E-state index in [2.05, 4.69) is 0 Å². The average molecular weight is 176 g/mol. The third-order valence-electron chi connectivity index (χ3n) is 1.87. The first-order valence-electron chi connectivity index (χ1n) is 3.66. The summed E-state index contributed by atoms with van der Waals surface area (Å²) in [6, 6.07) is 0. The highest BCUT2D eigenvalue weighted by Crippen LogP contribution is 2.17. The molecule has 2 N–H and O–H groups in total. The minimum Gasteiger partial charge on any atom is -0.385 e. The van der Waals surface area contributed by atoms with Crippen LogP contribution in [0.25, 0.3) is 0 Å². The number of hydrogen-bond acceptors (Lipinski definition) is 5. The zero-order chi connectivity index (χ0) is 9.30. The van der Waals surface area contributed by atoms with Crippen molar-refractivity contribution in [2.75, 3.05) is 7.11 Å². The van der Waals surface area contributed by atoms with Gasteiger partial charge in [0, 0.05) is 7.11 Å². The van der Waals surface area contributed by atoms with Crippen LogP contribution in [0, 0.1) is 0 Å². The van der Waals surface area contributed by atoms with Gasteiger partial charge in [0.1, 0.15) is 18.3 Å². The average Bonchev–Trinajstić information content (AvgIpc) is 2.08. The van der Waals surface area contributed by atoms with Gasteiger partial charge in [-0.2, -0.15) is 0 Å². The maximum atomic E-state index is 11.0. The topological polar surface area (TPSA) is 76.0 Å². The summed E-state index contributed by atoms with van der Waals surface area (Å²) in [5.41, 5.74) is 0. The molecule has 1 heterocycles. The summed E-state index contributed by atoms with van der Waals surface area (Å²) in [5, 5.41) is 18.4. The van der Waals surface area contributed by atoms with Crippen molar-refractivity contribution in [3.8, 4) is 0 Å². The second kappa shape index (κ2) is 3.49. The number of ether oxygens (including phenoxy) is 2. The van der Waals surface area contributed by atoms with Crippen LogP contribution >= 0.6 is 0 Å². The molecule has 0 bridgehead atoms. The number of Topliss-reactive ketones (excluding diaryl/α,β-unsaturated/α-hetero) is 1. The van der Waals surface area contributed by atoms with Gasteiger partial charge in [0.25, 0.3) is 0 Å². The molecule has 0 amide bonds. The van der Waals surface area contributed by atoms with Gasteiger partial charge in [0.2, 0.25) is 0 Å². The third kappa shape index (κ3) is 1.49. The van der Waals surface area contributed by atoms with Crippen LogP contribution in [0.2, 0.25) is 0 Å². The van der Waals surface area contributed by atoms with Gasteiger partial charge in [-0.1, -0.05) is 0 Å². The predicted octanol–water partition coefficient (Wildman–Crippen LogP) is -1.33. The summed E-state index contributed by atoms with van der Waals surface area (Å²) >= 11 is 0. The zero-order valence-corrected chi connectivity index (χ0v) is 6.93. The van der Waals surface area contributed by atoms with E-state index in [-0.39, 0.29) is 0 Å². The Balaban J connectivity index is 2.70. The van der Waals surface area contributed by atoms with Gasteiger partial charge in [0.05, 0.1) is 0 Å². The van der Waals surface area contributed by atoms with Gasteiger partial charge in [0.15, 0.2) is 12.1 Å². The Morgan fingerprint density at radius 3 is 2.58 bits per heavy atom. The molecule has 0 spiro atoms. The van der Waals surface area contributed by atoms with Crippen molar-refractivity contribution in [3.63, 3.8) is 0 Å². The van der Waals surface area contributed by atoms with Crippen LogP contribution in [0.5, 0.6) is 0 Å². The standard InChI is InChI=1S/C7H12O5/c1-3-4(8)5(9)6(10)7(11-2)12-3/h3,5-7,9-10H,1-2H3/t3?,5-,6?,7+/m0/s1. The van der Waals surface area contributed by atoms with Crippen molar-refractivity contribution >= 4 is 5.78 Å². The molecular formula is C7H12O5. The minimum absolute atomic E-state index is 0.518. The summed E-state index contributed by atoms with van der Waals surface area (Å²) in [7, 11) is 1.34. The predicted molar refractivity (Wildman–Crippen MR) is 38.4 cm³/mol. The van der Waals surface area contributed by atoms with Crippen LogP contribution in [-0.4, -0.2) is 47.7 Å². The highest BCUT2D eigenvalue weighted by molar-refractivity contribution is 5.88. The molecule has 1 aliphatic rings. The first kappa shape index (κ1) is 9.60. The Labute approximate surface area is 69.9 Å². The van der Waals surface area contributed by atoms with E-state index < -0.39 is 30.4 Å². The highest BCUT2D eigenvalue weighted by Gasteiger charge is 2.41. The van der Waals surface area contributed by atoms with Crippen molar-refractivity contribution in [3.05, 3.63) is 0 Å². The largest absolute Gasteiger partial charge is 0.385 e. The van der Waals surface area contributed by atoms with Crippen LogP contribution < -0.4 is 0 Å². The van der Waals surface area contributed by atoms with Gasteiger partial charge in [-0.25, -0.2) is 0 Å². The van der Waals surface area contributed by atoms with Crippen molar-refractivity contribution in [2.24, 2.45) is 0 Å². The zero-order valence-electron chi connectivity index (χ0n) is 6.93. The van der Waals surface area contributed by atoms with E-state index in [1.165, 1.54) is 14.0 Å². The molecule has 0 radical (unpaired) electrons. The van der Waals surface area contributed by atoms with E-state index in [4.69, 9.17) is 14.6 Å². The number of carbonyl (C=O) groups excluding carboxylic acids is 1. The fourth-order valence-electron chi connectivity index (χ4n) is 1.10. The van der Waals surface area contributed by atoms with Gasteiger partial charge in [-0.3, -0.25) is 4.79 Å². The molecule has 1 rings (SSSR count). The van der Waals surface area contributed by atoms with Gasteiger partial charge in [-0.05, 0) is 6.92 Å². The number of methoxy groups -OCH3 is 1. The first-order chi connectivity index (χ1) is 5.57. The molecule has 0 aromatic rings. The van der Waals surface area contributed by atoms with Gasteiger partial charge >= 0.3 is 0 Å². The summed E-state index contributed by atoms with van der Waals surface area (Å²) in [6.45, 7) is 1.50. The molecule has 1 fully saturated rings. The lowest BCUT2D eigenvalue weighted by Crippen LogP contribution is -2.54. The van der Waals surface area contributed by atoms with Crippen LogP contribution in [0.15, 0.2) is 0 Å². The summed E-state index contributed by atoms with van der Waals surface area (Å²) in [4.78, 5) is 11.0. The van der Waals surface area contributed by atoms with E-state index >= 15 is 0 Å². The molecule has 1 aliphatic heterocycles. The Morgan fingerprint density at radius 2 is 2.08 bits per heavy atom. The van der Waals surface area contributed by atoms with Crippen molar-refractivity contribution in [2.45, 2.75) is 31.5 Å². The smallest absolute Gasteiger partial charge is 0.192 e. The van der Waals surface area contributed by atoms with Gasteiger partial charge < -0.3 is 19.7 Å². The molecule has 0 aromatic heterocycles. The Morgan fingerprint density at radius 1 is 1.50 bits per heavy atom. The van der Waals surface area contributed by atoms with Crippen LogP contribution in [-0.2, 0) is 14.3 Å². The summed E-state index contributed by atoms with van der Waals surface area (Å²) in [6.07, 6.45) is -4.35. The number of aliphatic hydroxyl groups excluding tert-OH is 2. The fourth-order valence-corrected chi connectivity index (χ4v) is 1.10. The minimum atomic E-state index is -1.40.